The Labute approximate surface area is 90.0 Å². The molecule has 1 saturated carbocycles. The summed E-state index contributed by atoms with van der Waals surface area (Å²) in [6.45, 7) is 2.34. The molecule has 80 valence electrons. The molecule has 0 aliphatic heterocycles. The second-order valence-corrected chi connectivity index (χ2v) is 4.75. The SMILES string of the molecule is CCOC(=O)C1=CC2=C(C1)C1CCC2C1. The van der Waals surface area contributed by atoms with Crippen molar-refractivity contribution in [3.63, 3.8) is 0 Å². The molecular weight excluding hydrogens is 188 g/mol. The molecule has 2 nitrogen and oxygen atoms in total. The van der Waals surface area contributed by atoms with Gasteiger partial charge in [0.05, 0.1) is 6.61 Å². The van der Waals surface area contributed by atoms with Crippen molar-refractivity contribution >= 4 is 5.97 Å². The summed E-state index contributed by atoms with van der Waals surface area (Å²) in [5.41, 5.74) is 3.92. The van der Waals surface area contributed by atoms with Gasteiger partial charge in [-0.05, 0) is 49.7 Å². The summed E-state index contributed by atoms with van der Waals surface area (Å²) in [6, 6.07) is 0. The zero-order chi connectivity index (χ0) is 10.4. The molecule has 0 amide bonds. The first-order valence-electron chi connectivity index (χ1n) is 5.90. The summed E-state index contributed by atoms with van der Waals surface area (Å²) in [4.78, 5) is 11.6. The van der Waals surface area contributed by atoms with E-state index in [4.69, 9.17) is 4.74 Å². The average molecular weight is 204 g/mol. The molecule has 0 spiro atoms. The lowest BCUT2D eigenvalue weighted by Gasteiger charge is -2.12. The molecule has 0 aromatic heterocycles. The highest BCUT2D eigenvalue weighted by Crippen LogP contribution is 2.53. The number of allylic oxidation sites excluding steroid dienone is 3. The van der Waals surface area contributed by atoms with E-state index in [9.17, 15) is 4.79 Å². The minimum absolute atomic E-state index is 0.105. The molecule has 2 atom stereocenters. The maximum Gasteiger partial charge on any atom is 0.334 e. The van der Waals surface area contributed by atoms with Gasteiger partial charge in [-0.15, -0.1) is 0 Å². The Bertz CT molecular complexity index is 376. The van der Waals surface area contributed by atoms with E-state index in [1.165, 1.54) is 24.8 Å². The third kappa shape index (κ3) is 1.27. The molecule has 3 aliphatic carbocycles. The third-order valence-corrected chi connectivity index (χ3v) is 3.98. The highest BCUT2D eigenvalue weighted by molar-refractivity contribution is 5.91. The van der Waals surface area contributed by atoms with Crippen LogP contribution in [0.25, 0.3) is 0 Å². The van der Waals surface area contributed by atoms with Gasteiger partial charge >= 0.3 is 5.97 Å². The molecule has 3 aliphatic rings. The van der Waals surface area contributed by atoms with E-state index in [0.29, 0.717) is 6.61 Å². The minimum atomic E-state index is -0.105. The van der Waals surface area contributed by atoms with E-state index in [-0.39, 0.29) is 5.97 Å². The Kier molecular flexibility index (Phi) is 1.98. The van der Waals surface area contributed by atoms with E-state index in [0.717, 1.165) is 23.8 Å². The average Bonchev–Trinajstić information content (AvgIpc) is 2.90. The Hall–Kier alpha value is -1.05. The van der Waals surface area contributed by atoms with Crippen LogP contribution in [0.4, 0.5) is 0 Å². The van der Waals surface area contributed by atoms with Crippen molar-refractivity contribution in [2.24, 2.45) is 11.8 Å². The Morgan fingerprint density at radius 1 is 1.47 bits per heavy atom. The van der Waals surface area contributed by atoms with Crippen LogP contribution < -0.4 is 0 Å². The molecule has 0 radical (unpaired) electrons. The summed E-state index contributed by atoms with van der Waals surface area (Å²) in [7, 11) is 0. The van der Waals surface area contributed by atoms with Crippen LogP contribution in [0.5, 0.6) is 0 Å². The largest absolute Gasteiger partial charge is 0.463 e. The lowest BCUT2D eigenvalue weighted by molar-refractivity contribution is -0.138. The summed E-state index contributed by atoms with van der Waals surface area (Å²) < 4.78 is 5.05. The van der Waals surface area contributed by atoms with Gasteiger partial charge in [-0.3, -0.25) is 0 Å². The smallest absolute Gasteiger partial charge is 0.334 e. The van der Waals surface area contributed by atoms with Gasteiger partial charge in [0.1, 0.15) is 0 Å². The van der Waals surface area contributed by atoms with Crippen molar-refractivity contribution in [3.05, 3.63) is 22.8 Å². The Morgan fingerprint density at radius 2 is 2.27 bits per heavy atom. The highest BCUT2D eigenvalue weighted by atomic mass is 16.5. The van der Waals surface area contributed by atoms with E-state index in [1.54, 1.807) is 5.57 Å². The van der Waals surface area contributed by atoms with Gasteiger partial charge in [-0.2, -0.15) is 0 Å². The van der Waals surface area contributed by atoms with Gasteiger partial charge in [0, 0.05) is 12.0 Å². The molecule has 2 heteroatoms. The number of ether oxygens (including phenoxy) is 1. The van der Waals surface area contributed by atoms with Crippen LogP contribution in [0.2, 0.25) is 0 Å². The molecule has 2 unspecified atom stereocenters. The van der Waals surface area contributed by atoms with Crippen molar-refractivity contribution in [1.82, 2.24) is 0 Å². The number of rotatable bonds is 2. The normalized spacial score (nSPS) is 31.9. The maximum atomic E-state index is 11.6. The number of fused-ring (bicyclic) bond motifs is 4. The van der Waals surface area contributed by atoms with Gasteiger partial charge in [-0.1, -0.05) is 5.57 Å². The van der Waals surface area contributed by atoms with Crippen molar-refractivity contribution in [2.75, 3.05) is 6.61 Å². The highest BCUT2D eigenvalue weighted by Gasteiger charge is 2.41. The molecule has 2 bridgehead atoms. The molecule has 0 N–H and O–H groups in total. The van der Waals surface area contributed by atoms with Crippen LogP contribution in [-0.4, -0.2) is 12.6 Å². The van der Waals surface area contributed by atoms with Crippen molar-refractivity contribution in [1.29, 1.82) is 0 Å². The van der Waals surface area contributed by atoms with Gasteiger partial charge in [0.15, 0.2) is 0 Å². The third-order valence-electron chi connectivity index (χ3n) is 3.98. The predicted molar refractivity (Wildman–Crippen MR) is 57.2 cm³/mol. The van der Waals surface area contributed by atoms with Gasteiger partial charge < -0.3 is 4.74 Å². The fraction of sp³-hybridized carbons (Fsp3) is 0.615. The van der Waals surface area contributed by atoms with E-state index < -0.39 is 0 Å². The van der Waals surface area contributed by atoms with Crippen LogP contribution in [-0.2, 0) is 9.53 Å². The summed E-state index contributed by atoms with van der Waals surface area (Å²) in [5.74, 6) is 1.44. The Balaban J connectivity index is 1.79. The Morgan fingerprint density at radius 3 is 3.00 bits per heavy atom. The maximum absolute atomic E-state index is 11.6. The van der Waals surface area contributed by atoms with Crippen molar-refractivity contribution in [2.45, 2.75) is 32.6 Å². The summed E-state index contributed by atoms with van der Waals surface area (Å²) in [5, 5.41) is 0. The summed E-state index contributed by atoms with van der Waals surface area (Å²) >= 11 is 0. The molecule has 0 saturated heterocycles. The molecule has 0 aromatic carbocycles. The molecule has 1 fully saturated rings. The van der Waals surface area contributed by atoms with Gasteiger partial charge in [-0.25, -0.2) is 4.79 Å². The number of carbonyl (C=O) groups is 1. The first-order valence-corrected chi connectivity index (χ1v) is 5.90. The zero-order valence-corrected chi connectivity index (χ0v) is 9.08. The standard InChI is InChI=1S/C13H16O2/c1-2-15-13(14)10-6-11-8-3-4-9(5-8)12(11)7-10/h6,8-9H,2-5,7H2,1H3. The van der Waals surface area contributed by atoms with Crippen LogP contribution in [0, 0.1) is 11.8 Å². The summed E-state index contributed by atoms with van der Waals surface area (Å²) in [6.07, 6.45) is 6.99. The fourth-order valence-electron chi connectivity index (χ4n) is 3.33. The topological polar surface area (TPSA) is 26.3 Å². The van der Waals surface area contributed by atoms with Crippen LogP contribution in [0.3, 0.4) is 0 Å². The first-order chi connectivity index (χ1) is 7.29. The van der Waals surface area contributed by atoms with Crippen LogP contribution >= 0.6 is 0 Å². The molecule has 3 rings (SSSR count). The van der Waals surface area contributed by atoms with E-state index in [2.05, 4.69) is 6.08 Å². The number of hydrogen-bond acceptors (Lipinski definition) is 2. The fourth-order valence-corrected chi connectivity index (χ4v) is 3.33. The monoisotopic (exact) mass is 204 g/mol. The van der Waals surface area contributed by atoms with Gasteiger partial charge in [0.2, 0.25) is 0 Å². The van der Waals surface area contributed by atoms with Crippen molar-refractivity contribution in [3.8, 4) is 0 Å². The van der Waals surface area contributed by atoms with Crippen molar-refractivity contribution < 1.29 is 9.53 Å². The van der Waals surface area contributed by atoms with E-state index in [1.807, 2.05) is 6.92 Å². The lowest BCUT2D eigenvalue weighted by atomic mass is 9.93. The molecule has 0 heterocycles. The molecular formula is C13H16O2. The zero-order valence-electron chi connectivity index (χ0n) is 9.08. The number of hydrogen-bond donors (Lipinski definition) is 0. The van der Waals surface area contributed by atoms with Crippen LogP contribution in [0.1, 0.15) is 32.6 Å². The number of esters is 1. The van der Waals surface area contributed by atoms with Gasteiger partial charge in [0.25, 0.3) is 0 Å². The minimum Gasteiger partial charge on any atom is -0.463 e. The van der Waals surface area contributed by atoms with E-state index >= 15 is 0 Å². The predicted octanol–water partition coefficient (Wildman–Crippen LogP) is 2.61. The second-order valence-electron chi connectivity index (χ2n) is 4.75. The number of carbonyl (C=O) groups excluding carboxylic acids is 1. The second kappa shape index (κ2) is 3.22. The first kappa shape index (κ1) is 9.20. The van der Waals surface area contributed by atoms with Crippen LogP contribution in [0.15, 0.2) is 22.8 Å². The quantitative estimate of drug-likeness (QED) is 0.646. The molecule has 15 heavy (non-hydrogen) atoms. The molecule has 0 aromatic rings. The lowest BCUT2D eigenvalue weighted by Crippen LogP contribution is -2.07.